The van der Waals surface area contributed by atoms with E-state index in [1.54, 1.807) is 0 Å². The van der Waals surface area contributed by atoms with Gasteiger partial charge < -0.3 is 20.3 Å². The van der Waals surface area contributed by atoms with Crippen LogP contribution in [0.5, 0.6) is 0 Å². The number of benzene rings is 1. The average molecular weight is 514 g/mol. The molecular formula is C22H35IN4O2. The molecule has 2 atom stereocenters. The number of hydrogen-bond donors (Lipinski definition) is 2. The van der Waals surface area contributed by atoms with E-state index >= 15 is 0 Å². The first-order valence-corrected chi connectivity index (χ1v) is 10.6. The van der Waals surface area contributed by atoms with E-state index in [2.05, 4.69) is 17.6 Å². The van der Waals surface area contributed by atoms with Gasteiger partial charge in [0.1, 0.15) is 0 Å². The van der Waals surface area contributed by atoms with Crippen LogP contribution in [-0.2, 0) is 11.3 Å². The highest BCUT2D eigenvalue weighted by molar-refractivity contribution is 14.0. The summed E-state index contributed by atoms with van der Waals surface area (Å²) >= 11 is 0. The molecule has 1 heterocycles. The number of carbonyl (C=O) groups is 1. The lowest BCUT2D eigenvalue weighted by Crippen LogP contribution is -2.48. The zero-order chi connectivity index (χ0) is 19.9. The first-order valence-electron chi connectivity index (χ1n) is 10.6. The van der Waals surface area contributed by atoms with Crippen molar-refractivity contribution in [2.24, 2.45) is 4.99 Å². The highest BCUT2D eigenvalue weighted by Gasteiger charge is 2.26. The molecule has 1 aliphatic carbocycles. The lowest BCUT2D eigenvalue weighted by molar-refractivity contribution is -0.0586. The van der Waals surface area contributed by atoms with Crippen molar-refractivity contribution in [1.82, 2.24) is 15.5 Å². The number of hydrogen-bond acceptors (Lipinski definition) is 3. The van der Waals surface area contributed by atoms with Crippen LogP contribution in [0.1, 0.15) is 62.4 Å². The van der Waals surface area contributed by atoms with Crippen LogP contribution in [0.4, 0.5) is 0 Å². The summed E-state index contributed by atoms with van der Waals surface area (Å²) in [5.74, 6) is 0.958. The molecule has 3 rings (SSSR count). The minimum Gasteiger partial charge on any atom is -0.372 e. The Morgan fingerprint density at radius 3 is 2.34 bits per heavy atom. The van der Waals surface area contributed by atoms with Gasteiger partial charge in [-0.05, 0) is 51.3 Å². The molecule has 0 radical (unpaired) electrons. The van der Waals surface area contributed by atoms with Crippen molar-refractivity contribution in [1.29, 1.82) is 0 Å². The molecule has 1 saturated carbocycles. The van der Waals surface area contributed by atoms with E-state index in [1.165, 1.54) is 25.7 Å². The van der Waals surface area contributed by atoms with Gasteiger partial charge in [0.2, 0.25) is 0 Å². The van der Waals surface area contributed by atoms with Crippen LogP contribution in [0.15, 0.2) is 29.3 Å². The Balaban J connectivity index is 0.00000300. The predicted molar refractivity (Wildman–Crippen MR) is 128 cm³/mol. The molecule has 1 aromatic rings. The summed E-state index contributed by atoms with van der Waals surface area (Å²) in [4.78, 5) is 19.4. The Hall–Kier alpha value is -1.35. The third-order valence-corrected chi connectivity index (χ3v) is 5.37. The Morgan fingerprint density at radius 2 is 1.76 bits per heavy atom. The molecular weight excluding hydrogens is 479 g/mol. The average Bonchev–Trinajstić information content (AvgIpc) is 3.18. The molecule has 1 amide bonds. The molecule has 6 nitrogen and oxygen atoms in total. The largest absolute Gasteiger partial charge is 0.372 e. The van der Waals surface area contributed by atoms with Crippen LogP contribution in [0.2, 0.25) is 0 Å². The van der Waals surface area contributed by atoms with Crippen molar-refractivity contribution in [2.45, 2.75) is 71.2 Å². The van der Waals surface area contributed by atoms with E-state index in [0.717, 1.165) is 23.6 Å². The number of aliphatic imine (C=N–C) groups is 1. The van der Waals surface area contributed by atoms with Gasteiger partial charge in [0, 0.05) is 31.2 Å². The summed E-state index contributed by atoms with van der Waals surface area (Å²) < 4.78 is 5.72. The van der Waals surface area contributed by atoms with Gasteiger partial charge in [0.25, 0.3) is 5.91 Å². The molecule has 1 aromatic carbocycles. The molecule has 7 heteroatoms. The van der Waals surface area contributed by atoms with E-state index in [-0.39, 0.29) is 42.1 Å². The minimum atomic E-state index is 0. The monoisotopic (exact) mass is 514 g/mol. The Kier molecular flexibility index (Phi) is 9.68. The van der Waals surface area contributed by atoms with Crippen molar-refractivity contribution in [3.63, 3.8) is 0 Å². The fraction of sp³-hybridized carbons (Fsp3) is 0.636. The van der Waals surface area contributed by atoms with E-state index in [4.69, 9.17) is 9.73 Å². The van der Waals surface area contributed by atoms with Gasteiger partial charge in [-0.25, -0.2) is 4.99 Å². The molecule has 1 saturated heterocycles. The zero-order valence-electron chi connectivity index (χ0n) is 17.8. The van der Waals surface area contributed by atoms with Crippen LogP contribution in [0, 0.1) is 0 Å². The fourth-order valence-corrected chi connectivity index (χ4v) is 4.03. The summed E-state index contributed by atoms with van der Waals surface area (Å²) in [6.45, 7) is 8.85. The fourth-order valence-electron chi connectivity index (χ4n) is 4.03. The van der Waals surface area contributed by atoms with Crippen LogP contribution in [-0.4, -0.2) is 54.7 Å². The number of carbonyl (C=O) groups excluding carboxylic acids is 1. The number of nitrogens with one attached hydrogen (secondary N) is 2. The van der Waals surface area contributed by atoms with Crippen LogP contribution in [0.25, 0.3) is 0 Å². The number of nitrogens with zero attached hydrogens (tertiary/aromatic N) is 2. The van der Waals surface area contributed by atoms with Gasteiger partial charge in [0.15, 0.2) is 5.96 Å². The molecule has 0 bridgehead atoms. The van der Waals surface area contributed by atoms with Crippen LogP contribution >= 0.6 is 24.0 Å². The minimum absolute atomic E-state index is 0. The first kappa shape index (κ1) is 23.9. The van der Waals surface area contributed by atoms with Gasteiger partial charge in [0.05, 0.1) is 18.8 Å². The van der Waals surface area contributed by atoms with E-state index in [9.17, 15) is 4.79 Å². The van der Waals surface area contributed by atoms with Crippen molar-refractivity contribution in [3.8, 4) is 0 Å². The molecule has 2 fully saturated rings. The topological polar surface area (TPSA) is 66.0 Å². The third-order valence-electron chi connectivity index (χ3n) is 5.37. The van der Waals surface area contributed by atoms with Crippen molar-refractivity contribution in [3.05, 3.63) is 35.4 Å². The van der Waals surface area contributed by atoms with Gasteiger partial charge in [-0.1, -0.05) is 25.0 Å². The van der Waals surface area contributed by atoms with Crippen LogP contribution < -0.4 is 10.6 Å². The van der Waals surface area contributed by atoms with Crippen molar-refractivity contribution >= 4 is 35.8 Å². The van der Waals surface area contributed by atoms with E-state index in [1.807, 2.05) is 43.0 Å². The van der Waals surface area contributed by atoms with Gasteiger partial charge in [-0.3, -0.25) is 4.79 Å². The van der Waals surface area contributed by atoms with Gasteiger partial charge in [-0.15, -0.1) is 24.0 Å². The molecule has 2 N–H and O–H groups in total. The van der Waals surface area contributed by atoms with E-state index in [0.29, 0.717) is 25.7 Å². The smallest absolute Gasteiger partial charge is 0.254 e. The van der Waals surface area contributed by atoms with Crippen LogP contribution in [0.3, 0.4) is 0 Å². The summed E-state index contributed by atoms with van der Waals surface area (Å²) in [5.41, 5.74) is 1.83. The maximum absolute atomic E-state index is 12.8. The summed E-state index contributed by atoms with van der Waals surface area (Å²) in [7, 11) is 0. The van der Waals surface area contributed by atoms with Crippen molar-refractivity contribution in [2.75, 3.05) is 19.6 Å². The number of amides is 1. The molecule has 2 aliphatic rings. The molecule has 2 unspecified atom stereocenters. The molecule has 0 spiro atoms. The number of morpholine rings is 1. The normalized spacial score (nSPS) is 22.9. The molecule has 0 aromatic heterocycles. The Bertz CT molecular complexity index is 664. The van der Waals surface area contributed by atoms with Gasteiger partial charge >= 0.3 is 0 Å². The quantitative estimate of drug-likeness (QED) is 0.359. The molecule has 162 valence electrons. The number of ether oxygens (including phenoxy) is 1. The standard InChI is InChI=1S/C22H34N4O2.HI/c1-4-23-22(25-20-7-5-6-8-20)24-13-18-9-11-19(12-10-18)21(27)26-14-16(2)28-17(3)15-26;/h9-12,16-17,20H,4-8,13-15H2,1-3H3,(H2,23,24,25);1H. The molecule has 1 aliphatic heterocycles. The zero-order valence-corrected chi connectivity index (χ0v) is 20.1. The Labute approximate surface area is 191 Å². The second kappa shape index (κ2) is 11.7. The van der Waals surface area contributed by atoms with Gasteiger partial charge in [-0.2, -0.15) is 0 Å². The summed E-state index contributed by atoms with van der Waals surface area (Å²) in [6.07, 6.45) is 5.21. The summed E-state index contributed by atoms with van der Waals surface area (Å²) in [5, 5.41) is 6.86. The SMILES string of the molecule is CCNC(=NCc1ccc(C(=O)N2CC(C)OC(C)C2)cc1)NC1CCCC1.I. The lowest BCUT2D eigenvalue weighted by Gasteiger charge is -2.35. The maximum atomic E-state index is 12.8. The second-order valence-corrected chi connectivity index (χ2v) is 7.99. The predicted octanol–water partition coefficient (Wildman–Crippen LogP) is 3.55. The highest BCUT2D eigenvalue weighted by Crippen LogP contribution is 2.18. The van der Waals surface area contributed by atoms with E-state index < -0.39 is 0 Å². The lowest BCUT2D eigenvalue weighted by atomic mass is 10.1. The molecule has 29 heavy (non-hydrogen) atoms. The highest BCUT2D eigenvalue weighted by atomic mass is 127. The Morgan fingerprint density at radius 1 is 1.14 bits per heavy atom. The number of rotatable bonds is 5. The second-order valence-electron chi connectivity index (χ2n) is 7.99. The first-order chi connectivity index (χ1) is 13.5. The number of guanidine groups is 1. The maximum Gasteiger partial charge on any atom is 0.254 e. The van der Waals surface area contributed by atoms with Crippen molar-refractivity contribution < 1.29 is 9.53 Å². The number of halogens is 1. The third kappa shape index (κ3) is 7.13. The summed E-state index contributed by atoms with van der Waals surface area (Å²) in [6, 6.07) is 8.37.